The number of nitrogens with zero attached hydrogens (tertiary/aromatic N) is 1. The first-order valence-electron chi connectivity index (χ1n) is 4.69. The van der Waals surface area contributed by atoms with Crippen LogP contribution in [0, 0.1) is 0 Å². The van der Waals surface area contributed by atoms with Gasteiger partial charge in [0.25, 0.3) is 0 Å². The summed E-state index contributed by atoms with van der Waals surface area (Å²) in [7, 11) is 0. The molecule has 2 rings (SSSR count). The van der Waals surface area contributed by atoms with Gasteiger partial charge in [-0.2, -0.15) is 0 Å². The molecule has 0 bridgehead atoms. The fourth-order valence-electron chi connectivity index (χ4n) is 1.46. The van der Waals surface area contributed by atoms with Crippen molar-refractivity contribution >= 4 is 15.9 Å². The highest BCUT2D eigenvalue weighted by molar-refractivity contribution is 9.10. The first kappa shape index (κ1) is 10.3. The second-order valence-corrected chi connectivity index (χ2v) is 4.11. The van der Waals surface area contributed by atoms with Crippen molar-refractivity contribution in [3.63, 3.8) is 0 Å². The van der Waals surface area contributed by atoms with Crippen LogP contribution in [0.25, 0.3) is 0 Å². The summed E-state index contributed by atoms with van der Waals surface area (Å²) >= 11 is 3.34. The first-order chi connectivity index (χ1) is 7.27. The minimum atomic E-state index is -0.0921. The molecular formula is C12H11BrN2. The molecule has 1 aromatic carbocycles. The van der Waals surface area contributed by atoms with Crippen LogP contribution in [0.1, 0.15) is 17.2 Å². The van der Waals surface area contributed by atoms with Crippen molar-refractivity contribution in [2.75, 3.05) is 0 Å². The Hall–Kier alpha value is -1.19. The van der Waals surface area contributed by atoms with Gasteiger partial charge in [0.15, 0.2) is 0 Å². The highest BCUT2D eigenvalue weighted by Crippen LogP contribution is 2.20. The first-order valence-corrected chi connectivity index (χ1v) is 5.48. The summed E-state index contributed by atoms with van der Waals surface area (Å²) in [5.74, 6) is 0. The van der Waals surface area contributed by atoms with Crippen LogP contribution < -0.4 is 5.73 Å². The summed E-state index contributed by atoms with van der Waals surface area (Å²) < 4.78 is 0.811. The van der Waals surface area contributed by atoms with Crippen molar-refractivity contribution in [3.8, 4) is 0 Å². The van der Waals surface area contributed by atoms with E-state index in [0.717, 1.165) is 15.7 Å². The van der Waals surface area contributed by atoms with Crippen molar-refractivity contribution in [1.82, 2.24) is 4.98 Å². The van der Waals surface area contributed by atoms with Gasteiger partial charge in [0.05, 0.1) is 6.04 Å². The second-order valence-electron chi connectivity index (χ2n) is 3.30. The van der Waals surface area contributed by atoms with Crippen LogP contribution >= 0.6 is 15.9 Å². The standard InChI is InChI=1S/C12H11BrN2/c13-11-8-10(6-7-15-11)12(14)9-4-2-1-3-5-9/h1-8,12H,14H2/t12-/m0/s1. The molecule has 15 heavy (non-hydrogen) atoms. The zero-order valence-corrected chi connectivity index (χ0v) is 9.68. The molecule has 0 unspecified atom stereocenters. The second kappa shape index (κ2) is 4.55. The molecule has 0 spiro atoms. The molecule has 76 valence electrons. The lowest BCUT2D eigenvalue weighted by Gasteiger charge is -2.12. The molecule has 1 aromatic heterocycles. The van der Waals surface area contributed by atoms with E-state index in [9.17, 15) is 0 Å². The van der Waals surface area contributed by atoms with Gasteiger partial charge in [0.1, 0.15) is 4.60 Å². The molecule has 0 fully saturated rings. The van der Waals surface area contributed by atoms with Crippen LogP contribution in [0.3, 0.4) is 0 Å². The average molecular weight is 263 g/mol. The van der Waals surface area contributed by atoms with E-state index in [0.29, 0.717) is 0 Å². The van der Waals surface area contributed by atoms with Crippen LogP contribution in [-0.2, 0) is 0 Å². The summed E-state index contributed by atoms with van der Waals surface area (Å²) in [6.45, 7) is 0. The molecule has 0 amide bonds. The van der Waals surface area contributed by atoms with Gasteiger partial charge in [-0.25, -0.2) is 4.98 Å². The molecule has 3 heteroatoms. The maximum Gasteiger partial charge on any atom is 0.106 e. The fraction of sp³-hybridized carbons (Fsp3) is 0.0833. The van der Waals surface area contributed by atoms with Crippen LogP contribution in [0.5, 0.6) is 0 Å². The molecule has 1 atom stereocenters. The van der Waals surface area contributed by atoms with Crippen molar-refractivity contribution in [1.29, 1.82) is 0 Å². The topological polar surface area (TPSA) is 38.9 Å². The summed E-state index contributed by atoms with van der Waals surface area (Å²) in [5, 5.41) is 0. The summed E-state index contributed by atoms with van der Waals surface area (Å²) in [6, 6.07) is 13.8. The highest BCUT2D eigenvalue weighted by atomic mass is 79.9. The van der Waals surface area contributed by atoms with Crippen molar-refractivity contribution in [3.05, 3.63) is 64.4 Å². The van der Waals surface area contributed by atoms with Crippen LogP contribution in [0.2, 0.25) is 0 Å². The van der Waals surface area contributed by atoms with Crippen LogP contribution in [0.15, 0.2) is 53.3 Å². The molecule has 0 aliphatic rings. The lowest BCUT2D eigenvalue weighted by atomic mass is 10.0. The number of rotatable bonds is 2. The number of aromatic nitrogens is 1. The Bertz CT molecular complexity index is 442. The lowest BCUT2D eigenvalue weighted by Crippen LogP contribution is -2.11. The third-order valence-electron chi connectivity index (χ3n) is 2.27. The molecule has 0 radical (unpaired) electrons. The molecule has 0 aliphatic carbocycles. The third kappa shape index (κ3) is 2.43. The number of hydrogen-bond donors (Lipinski definition) is 1. The van der Waals surface area contributed by atoms with Crippen molar-refractivity contribution in [2.24, 2.45) is 5.73 Å². The molecule has 0 aliphatic heterocycles. The fourth-order valence-corrected chi connectivity index (χ4v) is 1.85. The van der Waals surface area contributed by atoms with E-state index in [1.165, 1.54) is 0 Å². The van der Waals surface area contributed by atoms with Gasteiger partial charge in [-0.3, -0.25) is 0 Å². The van der Waals surface area contributed by atoms with E-state index in [4.69, 9.17) is 5.73 Å². The van der Waals surface area contributed by atoms with E-state index in [-0.39, 0.29) is 6.04 Å². The van der Waals surface area contributed by atoms with Gasteiger partial charge in [-0.15, -0.1) is 0 Å². The number of pyridine rings is 1. The van der Waals surface area contributed by atoms with E-state index < -0.39 is 0 Å². The molecular weight excluding hydrogens is 252 g/mol. The quantitative estimate of drug-likeness (QED) is 0.846. The Kier molecular flexibility index (Phi) is 3.14. The average Bonchev–Trinajstić information content (AvgIpc) is 2.29. The molecule has 0 saturated heterocycles. The largest absolute Gasteiger partial charge is 0.320 e. The lowest BCUT2D eigenvalue weighted by molar-refractivity contribution is 0.866. The number of hydrogen-bond acceptors (Lipinski definition) is 2. The minimum absolute atomic E-state index is 0.0921. The Labute approximate surface area is 97.3 Å². The van der Waals surface area contributed by atoms with Gasteiger partial charge in [-0.1, -0.05) is 30.3 Å². The SMILES string of the molecule is N[C@@H](c1ccccc1)c1ccnc(Br)c1. The van der Waals surface area contributed by atoms with E-state index in [2.05, 4.69) is 20.9 Å². The number of halogens is 1. The predicted octanol–water partition coefficient (Wildman–Crippen LogP) is 2.89. The van der Waals surface area contributed by atoms with E-state index in [1.54, 1.807) is 6.20 Å². The third-order valence-corrected chi connectivity index (χ3v) is 2.70. The van der Waals surface area contributed by atoms with Gasteiger partial charge >= 0.3 is 0 Å². The summed E-state index contributed by atoms with van der Waals surface area (Å²) in [4.78, 5) is 4.08. The molecule has 2 N–H and O–H groups in total. The molecule has 1 heterocycles. The van der Waals surface area contributed by atoms with Gasteiger partial charge < -0.3 is 5.73 Å². The summed E-state index contributed by atoms with van der Waals surface area (Å²) in [6.07, 6.45) is 1.75. The number of benzene rings is 1. The Morgan fingerprint density at radius 3 is 2.47 bits per heavy atom. The normalized spacial score (nSPS) is 12.4. The molecule has 0 saturated carbocycles. The van der Waals surface area contributed by atoms with Crippen LogP contribution in [0.4, 0.5) is 0 Å². The smallest absolute Gasteiger partial charge is 0.106 e. The van der Waals surface area contributed by atoms with Gasteiger partial charge in [-0.05, 0) is 39.2 Å². The summed E-state index contributed by atoms with van der Waals surface area (Å²) in [5.41, 5.74) is 8.30. The minimum Gasteiger partial charge on any atom is -0.320 e. The highest BCUT2D eigenvalue weighted by Gasteiger charge is 2.08. The van der Waals surface area contributed by atoms with Gasteiger partial charge in [0, 0.05) is 6.20 Å². The molecule has 2 nitrogen and oxygen atoms in total. The Morgan fingerprint density at radius 2 is 1.80 bits per heavy atom. The van der Waals surface area contributed by atoms with Crippen molar-refractivity contribution in [2.45, 2.75) is 6.04 Å². The van der Waals surface area contributed by atoms with E-state index in [1.807, 2.05) is 42.5 Å². The molecule has 2 aromatic rings. The number of nitrogens with two attached hydrogens (primary N) is 1. The van der Waals surface area contributed by atoms with Crippen LogP contribution in [-0.4, -0.2) is 4.98 Å². The Morgan fingerprint density at radius 1 is 1.07 bits per heavy atom. The van der Waals surface area contributed by atoms with E-state index >= 15 is 0 Å². The van der Waals surface area contributed by atoms with Gasteiger partial charge in [0.2, 0.25) is 0 Å². The Balaban J connectivity index is 2.32. The monoisotopic (exact) mass is 262 g/mol. The maximum atomic E-state index is 6.14. The predicted molar refractivity (Wildman–Crippen MR) is 64.4 cm³/mol. The zero-order valence-electron chi connectivity index (χ0n) is 8.10. The maximum absolute atomic E-state index is 6.14. The van der Waals surface area contributed by atoms with Crippen molar-refractivity contribution < 1.29 is 0 Å². The zero-order chi connectivity index (χ0) is 10.7.